The molecule has 2 aliphatic rings. The Morgan fingerprint density at radius 3 is 2.76 bits per heavy atom. The van der Waals surface area contributed by atoms with Crippen molar-refractivity contribution in [2.45, 2.75) is 25.5 Å². The lowest BCUT2D eigenvalue weighted by atomic mass is 9.99. The lowest BCUT2D eigenvalue weighted by Crippen LogP contribution is -2.26. The second-order valence-corrected chi connectivity index (χ2v) is 12.3. The van der Waals surface area contributed by atoms with Gasteiger partial charge in [-0.1, -0.05) is 19.5 Å². The zero-order chi connectivity index (χ0) is 25.9. The van der Waals surface area contributed by atoms with Crippen LogP contribution in [0.5, 0.6) is 11.5 Å². The predicted molar refractivity (Wildman–Crippen MR) is 151 cm³/mol. The zero-order valence-corrected chi connectivity index (χ0v) is 23.3. The SMILES string of the molecule is COc1cc2c(cc1Nc1ncc(Cl)c(Nc3ccc(O[C@@H]4CCOC4)cc3P(C)C)n1)CN(C)CC2. The van der Waals surface area contributed by atoms with E-state index < -0.39 is 7.92 Å². The maximum Gasteiger partial charge on any atom is 0.229 e. The van der Waals surface area contributed by atoms with E-state index in [1.807, 2.05) is 12.1 Å². The fraction of sp³-hybridized carbons (Fsp3) is 0.407. The van der Waals surface area contributed by atoms with E-state index in [1.165, 1.54) is 16.4 Å². The van der Waals surface area contributed by atoms with Crippen molar-refractivity contribution in [3.8, 4) is 11.5 Å². The number of aromatic nitrogens is 2. The largest absolute Gasteiger partial charge is 0.495 e. The summed E-state index contributed by atoms with van der Waals surface area (Å²) in [5.41, 5.74) is 4.37. The van der Waals surface area contributed by atoms with Crippen molar-refractivity contribution in [2.24, 2.45) is 0 Å². The van der Waals surface area contributed by atoms with Gasteiger partial charge in [0.2, 0.25) is 5.95 Å². The number of halogens is 1. The molecule has 5 rings (SSSR count). The van der Waals surface area contributed by atoms with Crippen LogP contribution in [0.4, 0.5) is 23.1 Å². The molecule has 0 aliphatic carbocycles. The van der Waals surface area contributed by atoms with E-state index in [0.29, 0.717) is 23.4 Å². The van der Waals surface area contributed by atoms with Crippen LogP contribution in [0.25, 0.3) is 0 Å². The van der Waals surface area contributed by atoms with E-state index in [9.17, 15) is 0 Å². The van der Waals surface area contributed by atoms with Gasteiger partial charge in [0.25, 0.3) is 0 Å². The first-order chi connectivity index (χ1) is 17.9. The summed E-state index contributed by atoms with van der Waals surface area (Å²) < 4.78 is 17.2. The van der Waals surface area contributed by atoms with Gasteiger partial charge in [-0.25, -0.2) is 4.98 Å². The predicted octanol–water partition coefficient (Wildman–Crippen LogP) is 5.15. The molecule has 0 spiro atoms. The molecule has 0 bridgehead atoms. The fourth-order valence-corrected chi connectivity index (χ4v) is 5.75. The van der Waals surface area contributed by atoms with Crippen LogP contribution in [0.1, 0.15) is 17.5 Å². The van der Waals surface area contributed by atoms with E-state index in [2.05, 4.69) is 59.1 Å². The number of ether oxygens (including phenoxy) is 3. The van der Waals surface area contributed by atoms with Crippen LogP contribution >= 0.6 is 19.5 Å². The summed E-state index contributed by atoms with van der Waals surface area (Å²) in [5.74, 6) is 2.59. The molecule has 2 aliphatic heterocycles. The monoisotopic (exact) mass is 541 g/mol. The van der Waals surface area contributed by atoms with Gasteiger partial charge in [0, 0.05) is 30.5 Å². The standard InChI is InChI=1S/C27H33ClN5O3P/c1-33-9-7-17-12-24(34-2)23(11-18(17)15-33)31-27-29-14-21(28)26(32-27)30-22-6-5-19(13-25(22)37(3)4)36-20-8-10-35-16-20/h5-6,11-14,20H,7-10,15-16H2,1-4H3,(H2,29,30,31,32)/t20-/m1/s1. The second-order valence-electron chi connectivity index (χ2n) is 9.63. The highest BCUT2D eigenvalue weighted by Crippen LogP contribution is 2.35. The Kier molecular flexibility index (Phi) is 8.01. The third-order valence-corrected chi connectivity index (χ3v) is 8.22. The number of hydrogen-bond donors (Lipinski definition) is 2. The van der Waals surface area contributed by atoms with Crippen LogP contribution in [0, 0.1) is 0 Å². The van der Waals surface area contributed by atoms with E-state index in [1.54, 1.807) is 13.3 Å². The van der Waals surface area contributed by atoms with Crippen molar-refractivity contribution in [1.29, 1.82) is 0 Å². The van der Waals surface area contributed by atoms with Gasteiger partial charge < -0.3 is 29.7 Å². The van der Waals surface area contributed by atoms with Gasteiger partial charge in [-0.2, -0.15) is 4.98 Å². The van der Waals surface area contributed by atoms with Crippen LogP contribution in [0.2, 0.25) is 5.02 Å². The number of anilines is 4. The van der Waals surface area contributed by atoms with E-state index in [0.717, 1.165) is 55.4 Å². The van der Waals surface area contributed by atoms with E-state index in [4.69, 9.17) is 30.8 Å². The van der Waals surface area contributed by atoms with Crippen molar-refractivity contribution in [2.75, 3.05) is 57.9 Å². The molecule has 1 aromatic heterocycles. The number of methoxy groups -OCH3 is 1. The smallest absolute Gasteiger partial charge is 0.229 e. The van der Waals surface area contributed by atoms with Crippen molar-refractivity contribution >= 4 is 48.0 Å². The summed E-state index contributed by atoms with van der Waals surface area (Å²) in [6.07, 6.45) is 3.64. The molecule has 3 aromatic rings. The minimum atomic E-state index is -0.416. The molecule has 0 amide bonds. The van der Waals surface area contributed by atoms with Gasteiger partial charge in [0.1, 0.15) is 22.6 Å². The minimum Gasteiger partial charge on any atom is -0.495 e. The molecule has 1 saturated heterocycles. The van der Waals surface area contributed by atoms with Crippen LogP contribution < -0.4 is 25.4 Å². The first kappa shape index (κ1) is 26.0. The summed E-state index contributed by atoms with van der Waals surface area (Å²) in [5, 5.41) is 8.38. The number of nitrogens with zero attached hydrogens (tertiary/aromatic N) is 3. The van der Waals surface area contributed by atoms with Crippen molar-refractivity contribution in [3.63, 3.8) is 0 Å². The number of nitrogens with one attached hydrogen (secondary N) is 2. The number of rotatable bonds is 8. The minimum absolute atomic E-state index is 0.109. The third kappa shape index (κ3) is 6.10. The summed E-state index contributed by atoms with van der Waals surface area (Å²) in [7, 11) is 3.40. The normalized spacial score (nSPS) is 17.5. The molecule has 2 N–H and O–H groups in total. The first-order valence-corrected chi connectivity index (χ1v) is 15.0. The van der Waals surface area contributed by atoms with Gasteiger partial charge in [0.15, 0.2) is 5.82 Å². The number of hydrogen-bond acceptors (Lipinski definition) is 8. The van der Waals surface area contributed by atoms with Crippen molar-refractivity contribution < 1.29 is 14.2 Å². The highest BCUT2D eigenvalue weighted by molar-refractivity contribution is 7.64. The summed E-state index contributed by atoms with van der Waals surface area (Å²) in [6.45, 7) is 7.76. The Labute approximate surface area is 224 Å². The molecule has 0 radical (unpaired) electrons. The molecule has 3 heterocycles. The third-order valence-electron chi connectivity index (χ3n) is 6.61. The molecule has 0 saturated carbocycles. The topological polar surface area (TPSA) is 80.8 Å². The number of benzene rings is 2. The summed E-state index contributed by atoms with van der Waals surface area (Å²) in [6, 6.07) is 10.3. The Morgan fingerprint density at radius 1 is 1.14 bits per heavy atom. The molecule has 10 heteroatoms. The van der Waals surface area contributed by atoms with Crippen LogP contribution in [0.15, 0.2) is 36.5 Å². The average molecular weight is 542 g/mol. The molecular weight excluding hydrogens is 509 g/mol. The molecule has 37 heavy (non-hydrogen) atoms. The van der Waals surface area contributed by atoms with Crippen LogP contribution in [-0.2, 0) is 17.7 Å². The Balaban J connectivity index is 1.38. The second kappa shape index (κ2) is 11.4. The first-order valence-electron chi connectivity index (χ1n) is 12.4. The van der Waals surface area contributed by atoms with Gasteiger partial charge in [-0.3, -0.25) is 0 Å². The maximum atomic E-state index is 6.52. The Hall–Kier alpha value is -2.64. The molecule has 1 fully saturated rings. The maximum absolute atomic E-state index is 6.52. The quantitative estimate of drug-likeness (QED) is 0.379. The average Bonchev–Trinajstić information content (AvgIpc) is 3.39. The lowest BCUT2D eigenvalue weighted by Gasteiger charge is -2.26. The molecule has 2 aromatic carbocycles. The number of fused-ring (bicyclic) bond motifs is 1. The van der Waals surface area contributed by atoms with E-state index in [-0.39, 0.29) is 6.10 Å². The lowest BCUT2D eigenvalue weighted by molar-refractivity contribution is 0.141. The summed E-state index contributed by atoms with van der Waals surface area (Å²) >= 11 is 6.52. The van der Waals surface area contributed by atoms with Crippen molar-refractivity contribution in [1.82, 2.24) is 14.9 Å². The highest BCUT2D eigenvalue weighted by Gasteiger charge is 2.20. The fourth-order valence-electron chi connectivity index (χ4n) is 4.62. The Morgan fingerprint density at radius 2 is 2.00 bits per heavy atom. The van der Waals surface area contributed by atoms with Gasteiger partial charge >= 0.3 is 0 Å². The zero-order valence-electron chi connectivity index (χ0n) is 21.7. The number of likely N-dealkylation sites (N-methyl/N-ethyl adjacent to an activating group) is 1. The molecular formula is C27H33ClN5O3P. The molecule has 1 atom stereocenters. The van der Waals surface area contributed by atoms with Crippen LogP contribution in [-0.4, -0.2) is 68.2 Å². The Bertz CT molecular complexity index is 1270. The van der Waals surface area contributed by atoms with Gasteiger partial charge in [-0.05, 0) is 68.3 Å². The van der Waals surface area contributed by atoms with Gasteiger partial charge in [-0.15, -0.1) is 0 Å². The highest BCUT2D eigenvalue weighted by atomic mass is 35.5. The van der Waals surface area contributed by atoms with Gasteiger partial charge in [0.05, 0.1) is 32.2 Å². The van der Waals surface area contributed by atoms with E-state index >= 15 is 0 Å². The van der Waals surface area contributed by atoms with Crippen molar-refractivity contribution in [3.05, 3.63) is 52.7 Å². The summed E-state index contributed by atoms with van der Waals surface area (Å²) in [4.78, 5) is 11.4. The molecule has 0 unspecified atom stereocenters. The van der Waals surface area contributed by atoms with Crippen LogP contribution in [0.3, 0.4) is 0 Å². The molecule has 196 valence electrons. The molecule has 8 nitrogen and oxygen atoms in total.